The third kappa shape index (κ3) is 3.59. The Kier molecular flexibility index (Phi) is 4.83. The van der Waals surface area contributed by atoms with Gasteiger partial charge in [-0.2, -0.15) is 0 Å². The van der Waals surface area contributed by atoms with Gasteiger partial charge in [-0.05, 0) is 30.4 Å². The number of amides is 1. The molecule has 0 aliphatic rings. The Morgan fingerprint density at radius 2 is 1.87 bits per heavy atom. The molecular weight excluding hydrogens is 296 g/mol. The number of nitrogens with one attached hydrogen (secondary N) is 2. The number of aromatic nitrogens is 1. The quantitative estimate of drug-likeness (QED) is 0.761. The van der Waals surface area contributed by atoms with Crippen LogP contribution in [0.5, 0.6) is 0 Å². The maximum absolute atomic E-state index is 12.5. The highest BCUT2D eigenvalue weighted by Crippen LogP contribution is 2.21. The largest absolute Gasteiger partial charge is 0.481 e. The Morgan fingerprint density at radius 3 is 2.48 bits per heavy atom. The molecule has 0 aliphatic heterocycles. The zero-order chi connectivity index (χ0) is 17.0. The fourth-order valence-electron chi connectivity index (χ4n) is 2.65. The molecular formula is C17H20N2O4. The summed E-state index contributed by atoms with van der Waals surface area (Å²) in [4.78, 5) is 38.2. The van der Waals surface area contributed by atoms with Gasteiger partial charge in [0.25, 0.3) is 11.5 Å². The maximum Gasteiger partial charge on any atom is 0.305 e. The van der Waals surface area contributed by atoms with Gasteiger partial charge < -0.3 is 15.4 Å². The lowest BCUT2D eigenvalue weighted by Crippen LogP contribution is -2.49. The van der Waals surface area contributed by atoms with Gasteiger partial charge >= 0.3 is 5.97 Å². The number of pyridine rings is 1. The van der Waals surface area contributed by atoms with Crippen LogP contribution in [0, 0.1) is 0 Å². The second-order valence-corrected chi connectivity index (χ2v) is 5.61. The van der Waals surface area contributed by atoms with Gasteiger partial charge in [0.05, 0.1) is 12.0 Å². The highest BCUT2D eigenvalue weighted by Gasteiger charge is 2.31. The minimum absolute atomic E-state index is 0.130. The van der Waals surface area contributed by atoms with Crippen molar-refractivity contribution in [2.24, 2.45) is 0 Å². The molecule has 1 heterocycles. The zero-order valence-corrected chi connectivity index (χ0v) is 13.2. The number of hydrogen-bond donors (Lipinski definition) is 3. The van der Waals surface area contributed by atoms with Gasteiger partial charge in [-0.1, -0.05) is 32.0 Å². The van der Waals surface area contributed by atoms with Crippen LogP contribution in [0.2, 0.25) is 0 Å². The fourth-order valence-corrected chi connectivity index (χ4v) is 2.65. The van der Waals surface area contributed by atoms with Crippen molar-refractivity contribution in [3.05, 3.63) is 46.4 Å². The van der Waals surface area contributed by atoms with Crippen molar-refractivity contribution in [3.8, 4) is 0 Å². The minimum atomic E-state index is -0.971. The van der Waals surface area contributed by atoms with Crippen molar-refractivity contribution in [2.45, 2.75) is 38.6 Å². The number of carbonyl (C=O) groups excluding carboxylic acids is 1. The van der Waals surface area contributed by atoms with Crippen LogP contribution >= 0.6 is 0 Å². The Balaban J connectivity index is 2.36. The van der Waals surface area contributed by atoms with Crippen LogP contribution in [0.25, 0.3) is 10.8 Å². The first-order valence-electron chi connectivity index (χ1n) is 7.57. The number of hydrogen-bond acceptors (Lipinski definition) is 3. The number of rotatable bonds is 6. The molecule has 0 radical (unpaired) electrons. The molecule has 122 valence electrons. The topological polar surface area (TPSA) is 99.3 Å². The summed E-state index contributed by atoms with van der Waals surface area (Å²) in [5.41, 5.74) is -1.04. The smallest absolute Gasteiger partial charge is 0.305 e. The Hall–Kier alpha value is -2.63. The second kappa shape index (κ2) is 6.64. The van der Waals surface area contributed by atoms with Crippen molar-refractivity contribution in [1.29, 1.82) is 0 Å². The molecule has 0 unspecified atom stereocenters. The fraction of sp³-hybridized carbons (Fsp3) is 0.353. The van der Waals surface area contributed by atoms with Gasteiger partial charge in [0.2, 0.25) is 0 Å². The molecule has 6 nitrogen and oxygen atoms in total. The SMILES string of the molecule is CCC(CC)(CC(=O)O)NC(=O)c1cc2ccccc2c(=O)[nH]1. The van der Waals surface area contributed by atoms with E-state index in [1.54, 1.807) is 30.3 Å². The highest BCUT2D eigenvalue weighted by atomic mass is 16.4. The first-order valence-corrected chi connectivity index (χ1v) is 7.57. The van der Waals surface area contributed by atoms with Crippen LogP contribution in [0.15, 0.2) is 35.1 Å². The van der Waals surface area contributed by atoms with Crippen molar-refractivity contribution in [3.63, 3.8) is 0 Å². The number of carboxylic acids is 1. The molecule has 0 saturated carbocycles. The van der Waals surface area contributed by atoms with Crippen LogP contribution in [-0.2, 0) is 4.79 Å². The molecule has 1 aromatic heterocycles. The molecule has 0 bridgehead atoms. The summed E-state index contributed by atoms with van der Waals surface area (Å²) in [6.45, 7) is 3.66. The predicted octanol–water partition coefficient (Wildman–Crippen LogP) is 2.29. The minimum Gasteiger partial charge on any atom is -0.481 e. The third-order valence-electron chi connectivity index (χ3n) is 4.22. The molecule has 2 rings (SSSR count). The molecule has 0 fully saturated rings. The van der Waals surface area contributed by atoms with E-state index >= 15 is 0 Å². The number of aliphatic carboxylic acids is 1. The summed E-state index contributed by atoms with van der Waals surface area (Å²) in [7, 11) is 0. The summed E-state index contributed by atoms with van der Waals surface area (Å²) < 4.78 is 0. The van der Waals surface area contributed by atoms with Crippen molar-refractivity contribution in [2.75, 3.05) is 0 Å². The van der Waals surface area contributed by atoms with E-state index in [1.165, 1.54) is 0 Å². The summed E-state index contributed by atoms with van der Waals surface area (Å²) in [6, 6.07) is 8.58. The van der Waals surface area contributed by atoms with Crippen molar-refractivity contribution >= 4 is 22.6 Å². The van der Waals surface area contributed by atoms with Crippen LogP contribution in [0.3, 0.4) is 0 Å². The van der Waals surface area contributed by atoms with E-state index in [-0.39, 0.29) is 17.7 Å². The van der Waals surface area contributed by atoms with E-state index in [0.29, 0.717) is 23.6 Å². The molecule has 0 aliphatic carbocycles. The van der Waals surface area contributed by atoms with E-state index < -0.39 is 17.4 Å². The highest BCUT2D eigenvalue weighted by molar-refractivity contribution is 5.96. The lowest BCUT2D eigenvalue weighted by molar-refractivity contribution is -0.138. The van der Waals surface area contributed by atoms with E-state index in [2.05, 4.69) is 10.3 Å². The van der Waals surface area contributed by atoms with Crippen LogP contribution in [-0.4, -0.2) is 27.5 Å². The van der Waals surface area contributed by atoms with E-state index in [1.807, 2.05) is 13.8 Å². The van der Waals surface area contributed by atoms with Crippen molar-refractivity contribution in [1.82, 2.24) is 10.3 Å². The number of benzene rings is 1. The summed E-state index contributed by atoms with van der Waals surface area (Å²) in [5, 5.41) is 13.0. The number of H-pyrrole nitrogens is 1. The zero-order valence-electron chi connectivity index (χ0n) is 13.2. The maximum atomic E-state index is 12.5. The molecule has 1 aromatic carbocycles. The lowest BCUT2D eigenvalue weighted by atomic mass is 9.88. The van der Waals surface area contributed by atoms with Crippen LogP contribution in [0.1, 0.15) is 43.6 Å². The van der Waals surface area contributed by atoms with Gasteiger partial charge in [0, 0.05) is 5.39 Å². The number of fused-ring (bicyclic) bond motifs is 1. The van der Waals surface area contributed by atoms with Crippen molar-refractivity contribution < 1.29 is 14.7 Å². The molecule has 1 amide bonds. The molecule has 2 aromatic rings. The lowest BCUT2D eigenvalue weighted by Gasteiger charge is -2.31. The van der Waals surface area contributed by atoms with Gasteiger partial charge in [0.15, 0.2) is 0 Å². The molecule has 6 heteroatoms. The van der Waals surface area contributed by atoms with Crippen LogP contribution < -0.4 is 10.9 Å². The van der Waals surface area contributed by atoms with Gasteiger partial charge in [0.1, 0.15) is 5.69 Å². The summed E-state index contributed by atoms with van der Waals surface area (Å²) in [6.07, 6.45) is 0.808. The van der Waals surface area contributed by atoms with Gasteiger partial charge in [-0.25, -0.2) is 0 Å². The van der Waals surface area contributed by atoms with Crippen LogP contribution in [0.4, 0.5) is 0 Å². The number of carbonyl (C=O) groups is 2. The third-order valence-corrected chi connectivity index (χ3v) is 4.22. The average molecular weight is 316 g/mol. The summed E-state index contributed by atoms with van der Waals surface area (Å²) >= 11 is 0. The predicted molar refractivity (Wildman–Crippen MR) is 87.6 cm³/mol. The number of aromatic amines is 1. The van der Waals surface area contributed by atoms with E-state index in [9.17, 15) is 14.4 Å². The first-order chi connectivity index (χ1) is 10.9. The van der Waals surface area contributed by atoms with E-state index in [0.717, 1.165) is 0 Å². The number of carboxylic acid groups (broad SMARTS) is 1. The standard InChI is InChI=1S/C17H20N2O4/c1-3-17(4-2,10-14(20)21)19-16(23)13-9-11-7-5-6-8-12(11)15(22)18-13/h5-9H,3-4,10H2,1-2H3,(H,18,22)(H,19,23)(H,20,21). The van der Waals surface area contributed by atoms with Gasteiger partial charge in [-0.3, -0.25) is 14.4 Å². The Morgan fingerprint density at radius 1 is 1.22 bits per heavy atom. The molecule has 0 spiro atoms. The molecule has 23 heavy (non-hydrogen) atoms. The normalized spacial score (nSPS) is 11.4. The molecule has 0 saturated heterocycles. The first kappa shape index (κ1) is 16.7. The van der Waals surface area contributed by atoms with Gasteiger partial charge in [-0.15, -0.1) is 0 Å². The molecule has 0 atom stereocenters. The second-order valence-electron chi connectivity index (χ2n) is 5.61. The average Bonchev–Trinajstić information content (AvgIpc) is 2.53. The Bertz CT molecular complexity index is 791. The Labute approximate surface area is 133 Å². The monoisotopic (exact) mass is 316 g/mol. The van der Waals surface area contributed by atoms with E-state index in [4.69, 9.17) is 5.11 Å². The molecule has 3 N–H and O–H groups in total. The summed E-state index contributed by atoms with van der Waals surface area (Å²) in [5.74, 6) is -1.45.